The Morgan fingerprint density at radius 1 is 1.17 bits per heavy atom. The normalized spacial score (nSPS) is 25.0. The van der Waals surface area contributed by atoms with Gasteiger partial charge < -0.3 is 10.4 Å². The zero-order chi connectivity index (χ0) is 17.0. The lowest BCUT2D eigenvalue weighted by molar-refractivity contribution is -0.174. The van der Waals surface area contributed by atoms with E-state index in [-0.39, 0.29) is 16.8 Å². The largest absolute Gasteiger partial charge is 0.471 e. The molecule has 0 unspecified atom stereocenters. The number of amides is 1. The van der Waals surface area contributed by atoms with E-state index in [1.54, 1.807) is 30.3 Å². The Morgan fingerprint density at radius 2 is 1.83 bits per heavy atom. The molecular formula is C15H16F3NO3S. The second-order valence-electron chi connectivity index (χ2n) is 5.36. The van der Waals surface area contributed by atoms with E-state index >= 15 is 0 Å². The first kappa shape index (κ1) is 17.8. The van der Waals surface area contributed by atoms with Crippen LogP contribution in [0, 0.1) is 0 Å². The minimum Gasteiger partial charge on any atom is -0.392 e. The number of carbonyl (C=O) groups excluding carboxylic acids is 2. The molecule has 1 fully saturated rings. The van der Waals surface area contributed by atoms with Gasteiger partial charge in [0.2, 0.25) is 5.12 Å². The van der Waals surface area contributed by atoms with Gasteiger partial charge in [0.1, 0.15) is 0 Å². The molecule has 4 nitrogen and oxygen atoms in total. The summed E-state index contributed by atoms with van der Waals surface area (Å²) in [6.07, 6.45) is -5.23. The second kappa shape index (κ2) is 7.35. The summed E-state index contributed by atoms with van der Waals surface area (Å²) in [5.41, 5.74) is 0.511. The number of hydrogen-bond acceptors (Lipinski definition) is 4. The van der Waals surface area contributed by atoms with Crippen LogP contribution in [-0.4, -0.2) is 39.7 Å². The number of aliphatic hydroxyl groups excluding tert-OH is 1. The standard InChI is InChI=1S/C15H16F3NO3S/c16-15(17,18)14(22)19-10-6-7-12(11(20)8-10)23-13(21)9-4-2-1-3-5-9/h1-5,10-12,20H,6-8H2,(H,19,22)/t10-,11-,12-/m0/s1. The Morgan fingerprint density at radius 3 is 2.39 bits per heavy atom. The topological polar surface area (TPSA) is 66.4 Å². The van der Waals surface area contributed by atoms with E-state index in [0.29, 0.717) is 18.4 Å². The van der Waals surface area contributed by atoms with Gasteiger partial charge in [-0.1, -0.05) is 42.1 Å². The predicted molar refractivity (Wildman–Crippen MR) is 80.0 cm³/mol. The highest BCUT2D eigenvalue weighted by atomic mass is 32.2. The minimum absolute atomic E-state index is 0.00154. The van der Waals surface area contributed by atoms with Crippen LogP contribution in [0.4, 0.5) is 13.2 Å². The Kier molecular flexibility index (Phi) is 5.69. The zero-order valence-corrected chi connectivity index (χ0v) is 12.9. The smallest absolute Gasteiger partial charge is 0.392 e. The second-order valence-corrected chi connectivity index (χ2v) is 6.57. The third kappa shape index (κ3) is 4.97. The van der Waals surface area contributed by atoms with Crippen LogP contribution in [0.25, 0.3) is 0 Å². The van der Waals surface area contributed by atoms with E-state index in [4.69, 9.17) is 0 Å². The van der Waals surface area contributed by atoms with Crippen molar-refractivity contribution in [3.8, 4) is 0 Å². The Labute approximate surface area is 135 Å². The van der Waals surface area contributed by atoms with Crippen LogP contribution >= 0.6 is 11.8 Å². The van der Waals surface area contributed by atoms with Crippen molar-refractivity contribution >= 4 is 22.8 Å². The lowest BCUT2D eigenvalue weighted by Crippen LogP contribution is -2.48. The molecule has 1 aliphatic rings. The van der Waals surface area contributed by atoms with Crippen molar-refractivity contribution in [1.82, 2.24) is 5.32 Å². The molecule has 0 spiro atoms. The summed E-state index contributed by atoms with van der Waals surface area (Å²) in [7, 11) is 0. The van der Waals surface area contributed by atoms with Crippen molar-refractivity contribution in [2.24, 2.45) is 0 Å². The number of benzene rings is 1. The number of alkyl halides is 3. The molecular weight excluding hydrogens is 331 g/mol. The molecule has 126 valence electrons. The van der Waals surface area contributed by atoms with Crippen LogP contribution < -0.4 is 5.32 Å². The maximum atomic E-state index is 12.2. The molecule has 0 saturated heterocycles. The molecule has 2 rings (SSSR count). The first-order chi connectivity index (χ1) is 10.8. The average molecular weight is 347 g/mol. The monoisotopic (exact) mass is 347 g/mol. The van der Waals surface area contributed by atoms with E-state index in [2.05, 4.69) is 0 Å². The summed E-state index contributed by atoms with van der Waals surface area (Å²) in [6, 6.07) is 7.84. The van der Waals surface area contributed by atoms with Gasteiger partial charge in [0.25, 0.3) is 0 Å². The van der Waals surface area contributed by atoms with Gasteiger partial charge in [-0.3, -0.25) is 9.59 Å². The molecule has 0 bridgehead atoms. The SMILES string of the molecule is O=C(S[C@H]1CC[C@H](NC(=O)C(F)(F)F)C[C@@H]1O)c1ccccc1. The summed E-state index contributed by atoms with van der Waals surface area (Å²) in [5.74, 6) is -2.00. The van der Waals surface area contributed by atoms with E-state index in [1.807, 2.05) is 5.32 Å². The molecule has 1 amide bonds. The summed E-state index contributed by atoms with van der Waals surface area (Å²) in [5, 5.41) is 11.3. The van der Waals surface area contributed by atoms with Crippen LogP contribution in [0.5, 0.6) is 0 Å². The Bertz CT molecular complexity index is 565. The van der Waals surface area contributed by atoms with Crippen LogP contribution in [0.3, 0.4) is 0 Å². The number of carbonyl (C=O) groups is 2. The number of hydrogen-bond donors (Lipinski definition) is 2. The lowest BCUT2D eigenvalue weighted by Gasteiger charge is -2.32. The molecule has 1 aromatic carbocycles. The van der Waals surface area contributed by atoms with Crippen molar-refractivity contribution in [1.29, 1.82) is 0 Å². The van der Waals surface area contributed by atoms with Crippen LogP contribution in [0.15, 0.2) is 30.3 Å². The zero-order valence-electron chi connectivity index (χ0n) is 12.0. The van der Waals surface area contributed by atoms with E-state index in [1.165, 1.54) is 0 Å². The van der Waals surface area contributed by atoms with E-state index in [9.17, 15) is 27.9 Å². The van der Waals surface area contributed by atoms with E-state index < -0.39 is 24.2 Å². The van der Waals surface area contributed by atoms with E-state index in [0.717, 1.165) is 11.8 Å². The van der Waals surface area contributed by atoms with Gasteiger partial charge >= 0.3 is 12.1 Å². The molecule has 8 heteroatoms. The number of aliphatic hydroxyl groups is 1. The summed E-state index contributed by atoms with van der Waals surface area (Å²) in [6.45, 7) is 0. The van der Waals surface area contributed by atoms with Crippen molar-refractivity contribution in [3.63, 3.8) is 0 Å². The first-order valence-corrected chi connectivity index (χ1v) is 7.97. The number of halogens is 3. The van der Waals surface area contributed by atoms with Crippen molar-refractivity contribution < 1.29 is 27.9 Å². The average Bonchev–Trinajstić information content (AvgIpc) is 2.50. The third-order valence-corrected chi connectivity index (χ3v) is 4.92. The lowest BCUT2D eigenvalue weighted by atomic mass is 9.92. The Hall–Kier alpha value is -1.54. The van der Waals surface area contributed by atoms with Crippen LogP contribution in [0.1, 0.15) is 29.6 Å². The van der Waals surface area contributed by atoms with Gasteiger partial charge in [0.05, 0.1) is 6.10 Å². The summed E-state index contributed by atoms with van der Waals surface area (Å²) in [4.78, 5) is 23.0. The molecule has 1 aliphatic carbocycles. The fourth-order valence-electron chi connectivity index (χ4n) is 2.43. The quantitative estimate of drug-likeness (QED) is 0.882. The molecule has 2 N–H and O–H groups in total. The van der Waals surface area contributed by atoms with Gasteiger partial charge in [-0.05, 0) is 19.3 Å². The van der Waals surface area contributed by atoms with Gasteiger partial charge in [-0.15, -0.1) is 0 Å². The highest BCUT2D eigenvalue weighted by molar-refractivity contribution is 8.14. The molecule has 1 aromatic rings. The third-order valence-electron chi connectivity index (χ3n) is 3.62. The molecule has 3 atom stereocenters. The predicted octanol–water partition coefficient (Wildman–Crippen LogP) is 2.52. The highest BCUT2D eigenvalue weighted by Gasteiger charge is 2.41. The summed E-state index contributed by atoms with van der Waals surface area (Å²) >= 11 is 0.984. The first-order valence-electron chi connectivity index (χ1n) is 7.09. The highest BCUT2D eigenvalue weighted by Crippen LogP contribution is 2.31. The molecule has 1 saturated carbocycles. The number of rotatable bonds is 3. The summed E-state index contributed by atoms with van der Waals surface area (Å²) < 4.78 is 36.6. The maximum Gasteiger partial charge on any atom is 0.471 e. The van der Waals surface area contributed by atoms with Crippen molar-refractivity contribution in [2.45, 2.75) is 42.8 Å². The molecule has 0 radical (unpaired) electrons. The van der Waals surface area contributed by atoms with Gasteiger partial charge in [0, 0.05) is 16.9 Å². The minimum atomic E-state index is -4.93. The fourth-order valence-corrected chi connectivity index (χ4v) is 3.50. The molecule has 0 heterocycles. The van der Waals surface area contributed by atoms with Crippen molar-refractivity contribution in [3.05, 3.63) is 35.9 Å². The Balaban J connectivity index is 1.87. The van der Waals surface area contributed by atoms with Crippen molar-refractivity contribution in [2.75, 3.05) is 0 Å². The molecule has 23 heavy (non-hydrogen) atoms. The number of thioether (sulfide) groups is 1. The maximum absolute atomic E-state index is 12.2. The number of nitrogens with one attached hydrogen (secondary N) is 1. The van der Waals surface area contributed by atoms with Crippen LogP contribution in [0.2, 0.25) is 0 Å². The van der Waals surface area contributed by atoms with Gasteiger partial charge in [-0.25, -0.2) is 0 Å². The molecule has 0 aliphatic heterocycles. The molecule has 0 aromatic heterocycles. The van der Waals surface area contributed by atoms with Gasteiger partial charge in [0.15, 0.2) is 0 Å². The van der Waals surface area contributed by atoms with Gasteiger partial charge in [-0.2, -0.15) is 13.2 Å². The van der Waals surface area contributed by atoms with Crippen LogP contribution in [-0.2, 0) is 4.79 Å². The fraction of sp³-hybridized carbons (Fsp3) is 0.467.